The lowest BCUT2D eigenvalue weighted by atomic mass is 10.1. The van der Waals surface area contributed by atoms with Gasteiger partial charge in [0.1, 0.15) is 12.4 Å². The third-order valence-electron chi connectivity index (χ3n) is 3.35. The molecule has 120 valence electrons. The maximum Gasteiger partial charge on any atom is 0.251 e. The summed E-state index contributed by atoms with van der Waals surface area (Å²) in [5.74, 6) is 0.157. The number of ether oxygens (including phenoxy) is 1. The van der Waals surface area contributed by atoms with Gasteiger partial charge >= 0.3 is 0 Å². The summed E-state index contributed by atoms with van der Waals surface area (Å²) in [4.78, 5) is 12.1. The molecule has 24 heavy (non-hydrogen) atoms. The van der Waals surface area contributed by atoms with Crippen LogP contribution in [0.4, 0.5) is 0 Å². The molecule has 0 aliphatic heterocycles. The molecular formula is C19H17N3O2. The van der Waals surface area contributed by atoms with Crippen molar-refractivity contribution in [2.24, 2.45) is 5.92 Å². The molecule has 0 unspecified atom stereocenters. The molecule has 1 amide bonds. The van der Waals surface area contributed by atoms with Crippen molar-refractivity contribution < 1.29 is 9.53 Å². The van der Waals surface area contributed by atoms with Gasteiger partial charge in [0.25, 0.3) is 5.91 Å². The van der Waals surface area contributed by atoms with Crippen molar-refractivity contribution >= 4 is 5.91 Å². The van der Waals surface area contributed by atoms with Crippen molar-refractivity contribution in [3.8, 4) is 17.9 Å². The Hall–Kier alpha value is -3.31. The van der Waals surface area contributed by atoms with Gasteiger partial charge in [-0.05, 0) is 42.8 Å². The molecule has 0 fully saturated rings. The van der Waals surface area contributed by atoms with Gasteiger partial charge in [-0.25, -0.2) is 0 Å². The van der Waals surface area contributed by atoms with E-state index in [0.29, 0.717) is 30.0 Å². The maximum atomic E-state index is 12.1. The minimum absolute atomic E-state index is 0.217. The zero-order valence-electron chi connectivity index (χ0n) is 13.3. The second kappa shape index (κ2) is 8.36. The Kier molecular flexibility index (Phi) is 5.94. The molecule has 5 heteroatoms. The van der Waals surface area contributed by atoms with Crippen molar-refractivity contribution in [1.29, 1.82) is 10.5 Å². The molecule has 1 N–H and O–H groups in total. The fourth-order valence-corrected chi connectivity index (χ4v) is 2.02. The number of benzene rings is 2. The number of hydrogen-bond acceptors (Lipinski definition) is 4. The van der Waals surface area contributed by atoms with Gasteiger partial charge in [0.05, 0.1) is 23.6 Å². The van der Waals surface area contributed by atoms with Crippen LogP contribution in [0.2, 0.25) is 0 Å². The van der Waals surface area contributed by atoms with Crippen LogP contribution in [0.15, 0.2) is 48.5 Å². The van der Waals surface area contributed by atoms with Gasteiger partial charge in [-0.1, -0.05) is 18.2 Å². The lowest BCUT2D eigenvalue weighted by Crippen LogP contribution is -2.27. The SMILES string of the molecule is C[C@@H](C#N)CNC(=O)c1cccc(COc2cccc(C#N)c2)c1. The fraction of sp³-hybridized carbons (Fsp3) is 0.211. The summed E-state index contributed by atoms with van der Waals surface area (Å²) in [6, 6.07) is 18.2. The highest BCUT2D eigenvalue weighted by Crippen LogP contribution is 2.15. The van der Waals surface area contributed by atoms with Crippen molar-refractivity contribution in [2.45, 2.75) is 13.5 Å². The molecule has 0 heterocycles. The lowest BCUT2D eigenvalue weighted by Gasteiger charge is -2.09. The third-order valence-corrected chi connectivity index (χ3v) is 3.35. The highest BCUT2D eigenvalue weighted by molar-refractivity contribution is 5.94. The van der Waals surface area contributed by atoms with E-state index >= 15 is 0 Å². The summed E-state index contributed by atoms with van der Waals surface area (Å²) >= 11 is 0. The molecule has 0 aromatic heterocycles. The van der Waals surface area contributed by atoms with Crippen LogP contribution in [-0.4, -0.2) is 12.5 Å². The first-order valence-corrected chi connectivity index (χ1v) is 7.52. The molecule has 5 nitrogen and oxygen atoms in total. The fourth-order valence-electron chi connectivity index (χ4n) is 2.02. The molecule has 2 aromatic rings. The van der Waals surface area contributed by atoms with Crippen LogP contribution < -0.4 is 10.1 Å². The molecule has 0 aliphatic rings. The summed E-state index contributed by atoms with van der Waals surface area (Å²) in [7, 11) is 0. The largest absolute Gasteiger partial charge is 0.489 e. The molecule has 2 aromatic carbocycles. The van der Waals surface area contributed by atoms with Crippen molar-refractivity contribution in [3.63, 3.8) is 0 Å². The van der Waals surface area contributed by atoms with E-state index in [9.17, 15) is 4.79 Å². The van der Waals surface area contributed by atoms with Crippen LogP contribution in [0, 0.1) is 28.6 Å². The summed E-state index contributed by atoms with van der Waals surface area (Å²) in [6.45, 7) is 2.36. The molecule has 0 bridgehead atoms. The standard InChI is InChI=1S/C19H17N3O2/c1-14(10-20)12-22-19(23)17-6-2-5-16(8-17)13-24-18-7-3-4-15(9-18)11-21/h2-9,14H,12-13H2,1H3,(H,22,23)/t14-/m0/s1. The van der Waals surface area contributed by atoms with Gasteiger partial charge in [-0.3, -0.25) is 4.79 Å². The van der Waals surface area contributed by atoms with E-state index in [4.69, 9.17) is 15.3 Å². The van der Waals surface area contributed by atoms with Gasteiger partial charge < -0.3 is 10.1 Å². The van der Waals surface area contributed by atoms with E-state index in [1.165, 1.54) is 0 Å². The molecule has 2 rings (SSSR count). The van der Waals surface area contributed by atoms with E-state index in [1.807, 2.05) is 6.07 Å². The number of nitrogens with zero attached hydrogens (tertiary/aromatic N) is 2. The van der Waals surface area contributed by atoms with Crippen LogP contribution in [0.5, 0.6) is 5.75 Å². The minimum atomic E-state index is -0.229. The van der Waals surface area contributed by atoms with E-state index in [2.05, 4.69) is 17.5 Å². The zero-order valence-corrected chi connectivity index (χ0v) is 13.3. The van der Waals surface area contributed by atoms with Crippen LogP contribution in [0.25, 0.3) is 0 Å². The molecule has 0 aliphatic carbocycles. The monoisotopic (exact) mass is 319 g/mol. The number of rotatable bonds is 6. The maximum absolute atomic E-state index is 12.1. The second-order valence-corrected chi connectivity index (χ2v) is 5.37. The smallest absolute Gasteiger partial charge is 0.251 e. The normalized spacial score (nSPS) is 11.0. The second-order valence-electron chi connectivity index (χ2n) is 5.37. The van der Waals surface area contributed by atoms with E-state index < -0.39 is 0 Å². The molecule has 0 spiro atoms. The molecule has 0 saturated carbocycles. The molecule has 0 saturated heterocycles. The lowest BCUT2D eigenvalue weighted by molar-refractivity contribution is 0.0950. The number of hydrogen-bond donors (Lipinski definition) is 1. The topological polar surface area (TPSA) is 85.9 Å². The average molecular weight is 319 g/mol. The van der Waals surface area contributed by atoms with Gasteiger partial charge in [0.2, 0.25) is 0 Å². The Balaban J connectivity index is 1.98. The summed E-state index contributed by atoms with van der Waals surface area (Å²) in [6.07, 6.45) is 0. The van der Waals surface area contributed by atoms with Crippen molar-refractivity contribution in [1.82, 2.24) is 5.32 Å². The Labute approximate surface area is 141 Å². The summed E-state index contributed by atoms with van der Waals surface area (Å²) < 4.78 is 5.66. The van der Waals surface area contributed by atoms with Gasteiger partial charge in [0, 0.05) is 12.1 Å². The van der Waals surface area contributed by atoms with Crippen LogP contribution in [0.1, 0.15) is 28.4 Å². The number of carbonyl (C=O) groups excluding carboxylic acids is 1. The van der Waals surface area contributed by atoms with Crippen LogP contribution >= 0.6 is 0 Å². The highest BCUT2D eigenvalue weighted by atomic mass is 16.5. The predicted molar refractivity (Wildman–Crippen MR) is 89.0 cm³/mol. The van der Waals surface area contributed by atoms with E-state index in [1.54, 1.807) is 49.4 Å². The van der Waals surface area contributed by atoms with Crippen molar-refractivity contribution in [3.05, 3.63) is 65.2 Å². The Morgan fingerprint density at radius 3 is 2.75 bits per heavy atom. The average Bonchev–Trinajstić information content (AvgIpc) is 2.64. The van der Waals surface area contributed by atoms with Crippen molar-refractivity contribution in [2.75, 3.05) is 6.54 Å². The first-order valence-electron chi connectivity index (χ1n) is 7.52. The van der Waals surface area contributed by atoms with Gasteiger partial charge in [0.15, 0.2) is 0 Å². The number of amides is 1. The quantitative estimate of drug-likeness (QED) is 0.886. The minimum Gasteiger partial charge on any atom is -0.489 e. The number of nitrogens with one attached hydrogen (secondary N) is 1. The predicted octanol–water partition coefficient (Wildman–Crippen LogP) is 3.03. The van der Waals surface area contributed by atoms with Crippen LogP contribution in [0.3, 0.4) is 0 Å². The first kappa shape index (κ1) is 17.1. The Morgan fingerprint density at radius 2 is 2.00 bits per heavy atom. The van der Waals surface area contributed by atoms with Gasteiger partial charge in [-0.2, -0.15) is 10.5 Å². The number of carbonyl (C=O) groups is 1. The number of nitriles is 2. The summed E-state index contributed by atoms with van der Waals surface area (Å²) in [5.41, 5.74) is 1.90. The highest BCUT2D eigenvalue weighted by Gasteiger charge is 2.08. The Bertz CT molecular complexity index is 803. The summed E-state index contributed by atoms with van der Waals surface area (Å²) in [5, 5.41) is 20.3. The van der Waals surface area contributed by atoms with Crippen LogP contribution in [-0.2, 0) is 6.61 Å². The van der Waals surface area contributed by atoms with E-state index in [0.717, 1.165) is 5.56 Å². The Morgan fingerprint density at radius 1 is 1.21 bits per heavy atom. The third kappa shape index (κ3) is 4.86. The van der Waals surface area contributed by atoms with E-state index in [-0.39, 0.29) is 11.8 Å². The zero-order chi connectivity index (χ0) is 17.4. The molecule has 0 radical (unpaired) electrons. The molecular weight excluding hydrogens is 302 g/mol. The first-order chi connectivity index (χ1) is 11.6. The van der Waals surface area contributed by atoms with Gasteiger partial charge in [-0.15, -0.1) is 0 Å². The molecule has 1 atom stereocenters.